The summed E-state index contributed by atoms with van der Waals surface area (Å²) < 4.78 is 21.1. The number of nitrogen functional groups attached to an aromatic ring is 1. The number of aromatic nitrogens is 2. The minimum Gasteiger partial charge on any atom is -0.493 e. The molecular weight excluding hydrogens is 419 g/mol. The summed E-state index contributed by atoms with van der Waals surface area (Å²) in [6.45, 7) is 11.6. The molecule has 31 heavy (non-hydrogen) atoms. The lowest BCUT2D eigenvalue weighted by Crippen LogP contribution is -2.49. The molecule has 1 aliphatic rings. The number of hydrogen-bond donors (Lipinski definition) is 3. The monoisotopic (exact) mass is 448 g/mol. The normalized spacial score (nSPS) is 15.6. The van der Waals surface area contributed by atoms with Gasteiger partial charge in [0.15, 0.2) is 0 Å². The molecule has 1 unspecified atom stereocenters. The van der Waals surface area contributed by atoms with Gasteiger partial charge in [0.05, 0.1) is 23.2 Å². The zero-order valence-electron chi connectivity index (χ0n) is 18.6. The predicted octanol–water partition coefficient (Wildman–Crippen LogP) is 4.62. The van der Waals surface area contributed by atoms with Gasteiger partial charge in [-0.3, -0.25) is 4.90 Å². The van der Waals surface area contributed by atoms with E-state index in [1.54, 1.807) is 13.0 Å². The van der Waals surface area contributed by atoms with Crippen molar-refractivity contribution >= 4 is 28.9 Å². The quantitative estimate of drug-likeness (QED) is 0.509. The van der Waals surface area contributed by atoms with Gasteiger partial charge in [-0.2, -0.15) is 0 Å². The number of halogens is 2. The van der Waals surface area contributed by atoms with E-state index in [0.29, 0.717) is 35.3 Å². The highest BCUT2D eigenvalue weighted by molar-refractivity contribution is 6.31. The molecule has 3 rings (SSSR count). The van der Waals surface area contributed by atoms with E-state index in [-0.39, 0.29) is 28.5 Å². The first-order chi connectivity index (χ1) is 14.6. The van der Waals surface area contributed by atoms with Gasteiger partial charge in [0.2, 0.25) is 0 Å². The van der Waals surface area contributed by atoms with E-state index in [4.69, 9.17) is 27.5 Å². The molecule has 9 heteroatoms. The lowest BCUT2D eigenvalue weighted by atomic mass is 9.87. The fourth-order valence-corrected chi connectivity index (χ4v) is 4.14. The molecule has 1 fully saturated rings. The molecule has 1 saturated heterocycles. The number of anilines is 2. The molecule has 0 radical (unpaired) electrons. The van der Waals surface area contributed by atoms with Crippen LogP contribution in [0.5, 0.6) is 5.75 Å². The van der Waals surface area contributed by atoms with Crippen LogP contribution in [-0.4, -0.2) is 46.3 Å². The number of nitrogens with zero attached hydrogens (tertiary/aromatic N) is 3. The van der Waals surface area contributed by atoms with E-state index in [1.165, 1.54) is 6.33 Å². The Kier molecular flexibility index (Phi) is 7.01. The van der Waals surface area contributed by atoms with E-state index < -0.39 is 5.82 Å². The van der Waals surface area contributed by atoms with Crippen LogP contribution in [-0.2, 0) is 0 Å². The summed E-state index contributed by atoms with van der Waals surface area (Å²) in [7, 11) is 0. The van der Waals surface area contributed by atoms with Crippen LogP contribution in [0.4, 0.5) is 16.0 Å². The lowest BCUT2D eigenvalue weighted by Gasteiger charge is -2.43. The number of hydrogen-bond acceptors (Lipinski definition) is 7. The van der Waals surface area contributed by atoms with Crippen LogP contribution in [0.3, 0.4) is 0 Å². The maximum absolute atomic E-state index is 15.2. The van der Waals surface area contributed by atoms with Crippen molar-refractivity contribution in [3.05, 3.63) is 39.9 Å². The minimum atomic E-state index is -0.420. The number of likely N-dealkylation sites (tertiary alicyclic amines) is 1. The average molecular weight is 449 g/mol. The van der Waals surface area contributed by atoms with Crippen molar-refractivity contribution in [1.82, 2.24) is 14.9 Å². The molecule has 2 aromatic rings. The van der Waals surface area contributed by atoms with Crippen molar-refractivity contribution in [3.8, 4) is 5.75 Å². The van der Waals surface area contributed by atoms with Crippen LogP contribution in [0.1, 0.15) is 63.3 Å². The van der Waals surface area contributed by atoms with Crippen LogP contribution >= 0.6 is 11.6 Å². The largest absolute Gasteiger partial charge is 0.493 e. The van der Waals surface area contributed by atoms with Crippen LogP contribution < -0.4 is 15.8 Å². The molecule has 0 saturated carbocycles. The Labute approximate surface area is 187 Å². The van der Waals surface area contributed by atoms with Crippen LogP contribution in [0, 0.1) is 11.2 Å². The lowest BCUT2D eigenvalue weighted by molar-refractivity contribution is 0.106. The Morgan fingerprint density at radius 1 is 1.39 bits per heavy atom. The van der Waals surface area contributed by atoms with Crippen molar-refractivity contribution in [2.45, 2.75) is 52.6 Å². The summed E-state index contributed by atoms with van der Waals surface area (Å²) >= 11 is 6.32. The number of nitrogens with one attached hydrogen (secondary N) is 2. The van der Waals surface area contributed by atoms with Gasteiger partial charge < -0.3 is 21.2 Å². The molecule has 0 amide bonds. The second kappa shape index (κ2) is 9.36. The summed E-state index contributed by atoms with van der Waals surface area (Å²) in [5.41, 5.74) is 7.90. The number of benzene rings is 1. The fraction of sp³-hybridized carbons (Fsp3) is 0.500. The summed E-state index contributed by atoms with van der Waals surface area (Å²) in [6, 6.07) is 1.68. The smallest absolute Gasteiger partial charge is 0.149 e. The first-order valence-corrected chi connectivity index (χ1v) is 10.8. The molecule has 0 aliphatic carbocycles. The van der Waals surface area contributed by atoms with Gasteiger partial charge in [0, 0.05) is 41.9 Å². The summed E-state index contributed by atoms with van der Waals surface area (Å²) in [4.78, 5) is 10.5. The van der Waals surface area contributed by atoms with E-state index in [2.05, 4.69) is 34.0 Å². The van der Waals surface area contributed by atoms with Crippen LogP contribution in [0.2, 0.25) is 5.02 Å². The predicted molar refractivity (Wildman–Crippen MR) is 123 cm³/mol. The third-order valence-electron chi connectivity index (χ3n) is 5.64. The molecule has 4 N–H and O–H groups in total. The third-order valence-corrected chi connectivity index (χ3v) is 5.92. The molecule has 2 heterocycles. The average Bonchev–Trinajstić information content (AvgIpc) is 2.65. The third kappa shape index (κ3) is 4.60. The number of rotatable bonds is 8. The van der Waals surface area contributed by atoms with E-state index in [0.717, 1.165) is 18.7 Å². The zero-order valence-corrected chi connectivity index (χ0v) is 19.3. The summed E-state index contributed by atoms with van der Waals surface area (Å²) in [5, 5.41) is 11.4. The number of ether oxygens (including phenoxy) is 1. The molecule has 168 valence electrons. The van der Waals surface area contributed by atoms with E-state index in [9.17, 15) is 0 Å². The maximum Gasteiger partial charge on any atom is 0.149 e. The van der Waals surface area contributed by atoms with Crippen molar-refractivity contribution in [1.29, 1.82) is 5.41 Å². The molecule has 1 aliphatic heterocycles. The second-order valence-corrected chi connectivity index (χ2v) is 8.56. The van der Waals surface area contributed by atoms with Crippen molar-refractivity contribution in [2.24, 2.45) is 0 Å². The molecule has 1 atom stereocenters. The first kappa shape index (κ1) is 23.2. The van der Waals surface area contributed by atoms with Gasteiger partial charge in [-0.05, 0) is 40.7 Å². The molecule has 1 aromatic carbocycles. The molecule has 1 aromatic heterocycles. The Hall–Kier alpha value is -2.45. The van der Waals surface area contributed by atoms with Gasteiger partial charge in [-0.15, -0.1) is 0 Å². The summed E-state index contributed by atoms with van der Waals surface area (Å²) in [5.74, 6) is 0.780. The molecule has 0 spiro atoms. The number of nitrogens with two attached hydrogens (primary N) is 1. The molecular formula is C22H30ClFN6O. The maximum atomic E-state index is 15.2. The fourth-order valence-electron chi connectivity index (χ4n) is 3.92. The van der Waals surface area contributed by atoms with Gasteiger partial charge >= 0.3 is 0 Å². The Morgan fingerprint density at radius 3 is 2.65 bits per heavy atom. The van der Waals surface area contributed by atoms with Crippen LogP contribution in [0.25, 0.3) is 0 Å². The van der Waals surface area contributed by atoms with Gasteiger partial charge in [0.1, 0.15) is 29.5 Å². The minimum absolute atomic E-state index is 0.0164. The second-order valence-electron chi connectivity index (χ2n) is 8.16. The Morgan fingerprint density at radius 2 is 2.06 bits per heavy atom. The van der Waals surface area contributed by atoms with Gasteiger partial charge in [-0.1, -0.05) is 11.6 Å². The molecule has 0 bridgehead atoms. The summed E-state index contributed by atoms with van der Waals surface area (Å²) in [6.07, 6.45) is 1.35. The standard InChI is InChI=1S/C22H30ClFN6O/c1-6-31-20-15(13(5)29-22-17(12(4)25)21(26)27-10-28-22)7-16(23)19(24)18(20)14-8-30(9-14)11(2)3/h7,10-11,13-14,25H,6,8-9H2,1-5H3,(H3,26,27,28,29). The molecule has 7 nitrogen and oxygen atoms in total. The Bertz CT molecular complexity index is 977. The zero-order chi connectivity index (χ0) is 22.9. The highest BCUT2D eigenvalue weighted by atomic mass is 35.5. The van der Waals surface area contributed by atoms with Crippen molar-refractivity contribution in [2.75, 3.05) is 30.7 Å². The van der Waals surface area contributed by atoms with Crippen LogP contribution in [0.15, 0.2) is 12.4 Å². The van der Waals surface area contributed by atoms with Crippen molar-refractivity contribution < 1.29 is 9.13 Å². The highest BCUT2D eigenvalue weighted by Crippen LogP contribution is 2.43. The van der Waals surface area contributed by atoms with Gasteiger partial charge in [-0.25, -0.2) is 14.4 Å². The first-order valence-electron chi connectivity index (χ1n) is 10.5. The highest BCUT2D eigenvalue weighted by Gasteiger charge is 2.36. The van der Waals surface area contributed by atoms with Gasteiger partial charge in [0.25, 0.3) is 0 Å². The van der Waals surface area contributed by atoms with E-state index >= 15 is 4.39 Å². The Balaban J connectivity index is 2.01. The topological polar surface area (TPSA) is 100 Å². The SMILES string of the molecule is CCOc1c(C(C)Nc2ncnc(N)c2C(C)=N)cc(Cl)c(F)c1C1CN(C(C)C)C1. The van der Waals surface area contributed by atoms with Crippen molar-refractivity contribution in [3.63, 3.8) is 0 Å². The van der Waals surface area contributed by atoms with E-state index in [1.807, 2.05) is 13.8 Å².